The average Bonchev–Trinajstić information content (AvgIpc) is 2.77. The lowest BCUT2D eigenvalue weighted by atomic mass is 9.95. The molecule has 21 heavy (non-hydrogen) atoms. The Morgan fingerprint density at radius 3 is 2.86 bits per heavy atom. The Labute approximate surface area is 126 Å². The van der Waals surface area contributed by atoms with E-state index in [0.717, 1.165) is 25.7 Å². The Morgan fingerprint density at radius 2 is 2.24 bits per heavy atom. The van der Waals surface area contributed by atoms with Gasteiger partial charge in [0, 0.05) is 18.0 Å². The molecule has 0 aliphatic heterocycles. The van der Waals surface area contributed by atoms with Crippen LogP contribution in [0.1, 0.15) is 39.0 Å². The summed E-state index contributed by atoms with van der Waals surface area (Å²) in [6, 6.07) is 0. The fourth-order valence-corrected chi connectivity index (χ4v) is 2.84. The maximum Gasteiger partial charge on any atom is 0.207 e. The molecule has 0 bridgehead atoms. The molecule has 1 N–H and O–H groups in total. The number of ether oxygens (including phenoxy) is 2. The highest BCUT2D eigenvalue weighted by atomic mass is 16.7. The molecule has 1 aliphatic rings. The van der Waals surface area contributed by atoms with E-state index in [2.05, 4.69) is 12.2 Å². The Bertz CT molecular complexity index is 332. The van der Waals surface area contributed by atoms with Crippen molar-refractivity contribution in [3.63, 3.8) is 0 Å². The van der Waals surface area contributed by atoms with Gasteiger partial charge in [0.15, 0.2) is 0 Å². The van der Waals surface area contributed by atoms with E-state index in [-0.39, 0.29) is 42.3 Å². The molecule has 1 rings (SSSR count). The summed E-state index contributed by atoms with van der Waals surface area (Å²) in [5, 5.41) is 20.0. The van der Waals surface area contributed by atoms with Crippen molar-refractivity contribution < 1.29 is 19.5 Å². The first-order valence-corrected chi connectivity index (χ1v) is 7.60. The van der Waals surface area contributed by atoms with E-state index in [9.17, 15) is 15.2 Å². The van der Waals surface area contributed by atoms with Crippen LogP contribution < -0.4 is 0 Å². The highest BCUT2D eigenvalue weighted by Crippen LogP contribution is 2.35. The Balaban J connectivity index is 2.42. The molecule has 1 aliphatic carbocycles. The van der Waals surface area contributed by atoms with Crippen LogP contribution in [0.3, 0.4) is 0 Å². The van der Waals surface area contributed by atoms with Crippen LogP contribution in [0.25, 0.3) is 0 Å². The molecule has 0 amide bonds. The molecule has 1 fully saturated rings. The van der Waals surface area contributed by atoms with E-state index in [1.807, 2.05) is 0 Å². The Hall–Kier alpha value is -0.980. The van der Waals surface area contributed by atoms with Crippen LogP contribution in [0.15, 0.2) is 12.2 Å². The highest BCUT2D eigenvalue weighted by Gasteiger charge is 2.36. The minimum Gasteiger partial charge on any atom is -0.393 e. The van der Waals surface area contributed by atoms with Crippen LogP contribution in [0, 0.1) is 22.0 Å². The van der Waals surface area contributed by atoms with Crippen molar-refractivity contribution in [1.82, 2.24) is 0 Å². The predicted octanol–water partition coefficient (Wildman–Crippen LogP) is 2.39. The summed E-state index contributed by atoms with van der Waals surface area (Å²) in [5.74, 6) is 0.235. The summed E-state index contributed by atoms with van der Waals surface area (Å²) in [7, 11) is 1.57. The molecule has 1 saturated carbocycles. The number of allylic oxidation sites excluding steroid dienone is 2. The van der Waals surface area contributed by atoms with Crippen LogP contribution in [-0.2, 0) is 9.47 Å². The third-order valence-corrected chi connectivity index (χ3v) is 3.89. The summed E-state index contributed by atoms with van der Waals surface area (Å²) in [5.41, 5.74) is 0. The van der Waals surface area contributed by atoms with Gasteiger partial charge in [0.1, 0.15) is 6.79 Å². The SMILES string of the molecule is COCO[C@@H]1C[C@@H](C[N+](=O)[O-])[C@H](/C=C\CCC[C@@H](C)O)C1. The number of aliphatic hydroxyl groups is 1. The second kappa shape index (κ2) is 9.87. The number of nitrogens with zero attached hydrogens (tertiary/aromatic N) is 1. The summed E-state index contributed by atoms with van der Waals surface area (Å²) in [6.45, 7) is 2.02. The van der Waals surface area contributed by atoms with E-state index in [1.54, 1.807) is 14.0 Å². The van der Waals surface area contributed by atoms with Gasteiger partial charge in [0.25, 0.3) is 0 Å². The lowest BCUT2D eigenvalue weighted by molar-refractivity contribution is -0.489. The zero-order valence-corrected chi connectivity index (χ0v) is 12.9. The summed E-state index contributed by atoms with van der Waals surface area (Å²) in [4.78, 5) is 10.5. The predicted molar refractivity (Wildman–Crippen MR) is 79.5 cm³/mol. The molecular formula is C15H27NO5. The third kappa shape index (κ3) is 7.55. The van der Waals surface area contributed by atoms with E-state index >= 15 is 0 Å². The molecule has 0 aromatic rings. The molecule has 0 saturated heterocycles. The normalized spacial score (nSPS) is 27.3. The van der Waals surface area contributed by atoms with Gasteiger partial charge in [0.2, 0.25) is 6.54 Å². The molecular weight excluding hydrogens is 274 g/mol. The van der Waals surface area contributed by atoms with Crippen molar-refractivity contribution in [3.8, 4) is 0 Å². The number of hydrogen-bond acceptors (Lipinski definition) is 5. The van der Waals surface area contributed by atoms with Gasteiger partial charge in [-0.25, -0.2) is 0 Å². The maximum atomic E-state index is 10.8. The molecule has 122 valence electrons. The smallest absolute Gasteiger partial charge is 0.207 e. The standard InChI is InChI=1S/C15H27NO5/c1-12(17)6-4-3-5-7-13-8-15(21-11-20-2)9-14(13)10-16(18)19/h5,7,12-15,17H,3-4,6,8-11H2,1-2H3/b7-5-/t12-,13-,14+,15+/m1/s1. The highest BCUT2D eigenvalue weighted by molar-refractivity contribution is 4.97. The van der Waals surface area contributed by atoms with Crippen molar-refractivity contribution in [2.75, 3.05) is 20.4 Å². The van der Waals surface area contributed by atoms with Gasteiger partial charge in [-0.15, -0.1) is 0 Å². The Morgan fingerprint density at radius 1 is 1.48 bits per heavy atom. The molecule has 0 aromatic carbocycles. The largest absolute Gasteiger partial charge is 0.393 e. The van der Waals surface area contributed by atoms with Gasteiger partial charge in [-0.1, -0.05) is 12.2 Å². The first-order valence-electron chi connectivity index (χ1n) is 7.60. The van der Waals surface area contributed by atoms with Crippen LogP contribution in [0.4, 0.5) is 0 Å². The van der Waals surface area contributed by atoms with Gasteiger partial charge in [-0.2, -0.15) is 0 Å². The van der Waals surface area contributed by atoms with Gasteiger partial charge in [-0.05, 0) is 44.9 Å². The minimum absolute atomic E-state index is 0.00444. The maximum absolute atomic E-state index is 10.8. The van der Waals surface area contributed by atoms with Crippen LogP contribution in [0.5, 0.6) is 0 Å². The molecule has 0 radical (unpaired) electrons. The van der Waals surface area contributed by atoms with Crippen molar-refractivity contribution in [3.05, 3.63) is 22.3 Å². The second-order valence-corrected chi connectivity index (χ2v) is 5.81. The second-order valence-electron chi connectivity index (χ2n) is 5.81. The Kier molecular flexibility index (Phi) is 8.49. The number of methoxy groups -OCH3 is 1. The zero-order valence-electron chi connectivity index (χ0n) is 12.9. The van der Waals surface area contributed by atoms with Crippen LogP contribution >= 0.6 is 0 Å². The van der Waals surface area contributed by atoms with Crippen molar-refractivity contribution in [2.24, 2.45) is 11.8 Å². The van der Waals surface area contributed by atoms with Crippen LogP contribution in [0.2, 0.25) is 0 Å². The monoisotopic (exact) mass is 301 g/mol. The fraction of sp³-hybridized carbons (Fsp3) is 0.867. The van der Waals surface area contributed by atoms with Crippen molar-refractivity contribution in [1.29, 1.82) is 0 Å². The van der Waals surface area contributed by atoms with Gasteiger partial charge in [0.05, 0.1) is 12.2 Å². The van der Waals surface area contributed by atoms with E-state index < -0.39 is 0 Å². The lowest BCUT2D eigenvalue weighted by Gasteiger charge is -2.10. The molecule has 6 nitrogen and oxygen atoms in total. The van der Waals surface area contributed by atoms with Gasteiger partial charge < -0.3 is 14.6 Å². The van der Waals surface area contributed by atoms with Crippen LogP contribution in [-0.4, -0.2) is 42.7 Å². The zero-order chi connectivity index (χ0) is 15.7. The minimum atomic E-state index is -0.265. The summed E-state index contributed by atoms with van der Waals surface area (Å²) >= 11 is 0. The number of rotatable bonds is 10. The number of hydrogen-bond donors (Lipinski definition) is 1. The van der Waals surface area contributed by atoms with Gasteiger partial charge in [-0.3, -0.25) is 10.1 Å². The lowest BCUT2D eigenvalue weighted by Crippen LogP contribution is -2.17. The third-order valence-electron chi connectivity index (χ3n) is 3.89. The fourth-order valence-electron chi connectivity index (χ4n) is 2.84. The van der Waals surface area contributed by atoms with E-state index in [4.69, 9.17) is 9.47 Å². The molecule has 0 unspecified atom stereocenters. The molecule has 0 aromatic heterocycles. The van der Waals surface area contributed by atoms with Crippen molar-refractivity contribution in [2.45, 2.75) is 51.2 Å². The number of aliphatic hydroxyl groups excluding tert-OH is 1. The van der Waals surface area contributed by atoms with E-state index in [0.29, 0.717) is 6.42 Å². The van der Waals surface area contributed by atoms with Crippen molar-refractivity contribution >= 4 is 0 Å². The molecule has 0 heterocycles. The molecule has 0 spiro atoms. The molecule has 4 atom stereocenters. The first kappa shape index (κ1) is 18.1. The van der Waals surface area contributed by atoms with E-state index in [1.165, 1.54) is 0 Å². The van der Waals surface area contributed by atoms with Gasteiger partial charge >= 0.3 is 0 Å². The number of unbranched alkanes of at least 4 members (excludes halogenated alkanes) is 1. The quantitative estimate of drug-likeness (QED) is 0.220. The summed E-state index contributed by atoms with van der Waals surface area (Å²) in [6.07, 6.45) is 8.10. The average molecular weight is 301 g/mol. The first-order chi connectivity index (χ1) is 10.0. The molecule has 6 heteroatoms. The number of nitro groups is 1. The summed E-state index contributed by atoms with van der Waals surface area (Å²) < 4.78 is 10.4. The topological polar surface area (TPSA) is 81.8 Å².